The van der Waals surface area contributed by atoms with E-state index in [1.54, 1.807) is 12.1 Å². The summed E-state index contributed by atoms with van der Waals surface area (Å²) in [5, 5.41) is 9.77. The molecule has 1 heterocycles. The fourth-order valence-electron chi connectivity index (χ4n) is 1.31. The number of carbonyl (C=O) groups is 2. The lowest BCUT2D eigenvalue weighted by Crippen LogP contribution is -2.13. The Bertz CT molecular complexity index is 548. The number of aromatic nitrogens is 2. The van der Waals surface area contributed by atoms with Crippen molar-refractivity contribution in [1.82, 2.24) is 10.2 Å². The van der Waals surface area contributed by atoms with E-state index in [2.05, 4.69) is 24.8 Å². The molecule has 17 heavy (non-hydrogen) atoms. The second-order valence-corrected chi connectivity index (χ2v) is 4.06. The number of H-pyrrole nitrogens is 1. The molecule has 0 aliphatic rings. The summed E-state index contributed by atoms with van der Waals surface area (Å²) in [4.78, 5) is 22.4. The van der Waals surface area contributed by atoms with Crippen molar-refractivity contribution in [2.24, 2.45) is 0 Å². The zero-order valence-corrected chi connectivity index (χ0v) is 9.96. The van der Waals surface area contributed by atoms with Crippen LogP contribution in [0.1, 0.15) is 20.8 Å². The number of benzene rings is 1. The molecule has 0 fully saturated rings. The summed E-state index contributed by atoms with van der Waals surface area (Å²) in [6.45, 7) is 0. The van der Waals surface area contributed by atoms with Crippen LogP contribution >= 0.6 is 9.24 Å². The molecule has 0 aliphatic heterocycles. The SMILES string of the molecule is O=Cc1[nH]ncc1NC(=O)c1ccc(P)cc1. The van der Waals surface area contributed by atoms with Gasteiger partial charge < -0.3 is 5.32 Å². The van der Waals surface area contributed by atoms with E-state index in [9.17, 15) is 9.59 Å². The predicted octanol–water partition coefficient (Wildman–Crippen LogP) is 0.975. The first kappa shape index (κ1) is 11.5. The zero-order chi connectivity index (χ0) is 12.3. The van der Waals surface area contributed by atoms with Gasteiger partial charge in [0, 0.05) is 5.56 Å². The standard InChI is InChI=1S/C11H10N3O2P/c15-6-10-9(5-12-14-10)13-11(16)7-1-3-8(17)4-2-7/h1-6H,17H2,(H,12,14)(H,13,16). The Labute approximate surface area is 99.8 Å². The monoisotopic (exact) mass is 247 g/mol. The lowest BCUT2D eigenvalue weighted by Gasteiger charge is -2.03. The molecule has 2 rings (SSSR count). The van der Waals surface area contributed by atoms with E-state index >= 15 is 0 Å². The van der Waals surface area contributed by atoms with Crippen molar-refractivity contribution in [3.8, 4) is 0 Å². The molecule has 0 bridgehead atoms. The highest BCUT2D eigenvalue weighted by atomic mass is 31.0. The lowest BCUT2D eigenvalue weighted by atomic mass is 10.2. The fourth-order valence-corrected chi connectivity index (χ4v) is 1.51. The summed E-state index contributed by atoms with van der Waals surface area (Å²) in [6, 6.07) is 7.04. The predicted molar refractivity (Wildman–Crippen MR) is 67.7 cm³/mol. The molecule has 0 spiro atoms. The van der Waals surface area contributed by atoms with Gasteiger partial charge in [-0.15, -0.1) is 9.24 Å². The number of aromatic amines is 1. The summed E-state index contributed by atoms with van der Waals surface area (Å²) < 4.78 is 0. The van der Waals surface area contributed by atoms with Crippen LogP contribution in [0, 0.1) is 0 Å². The Morgan fingerprint density at radius 1 is 1.35 bits per heavy atom. The first-order valence-electron chi connectivity index (χ1n) is 4.86. The topological polar surface area (TPSA) is 74.8 Å². The van der Waals surface area contributed by atoms with Gasteiger partial charge in [0.25, 0.3) is 5.91 Å². The summed E-state index contributed by atoms with van der Waals surface area (Å²) >= 11 is 0. The highest BCUT2D eigenvalue weighted by molar-refractivity contribution is 7.27. The van der Waals surface area contributed by atoms with E-state index in [-0.39, 0.29) is 11.6 Å². The van der Waals surface area contributed by atoms with E-state index in [1.807, 2.05) is 12.1 Å². The molecule has 5 nitrogen and oxygen atoms in total. The summed E-state index contributed by atoms with van der Waals surface area (Å²) in [5.41, 5.74) is 1.15. The van der Waals surface area contributed by atoms with E-state index in [4.69, 9.17) is 0 Å². The Kier molecular flexibility index (Phi) is 3.30. The van der Waals surface area contributed by atoms with Gasteiger partial charge in [0.05, 0.1) is 11.9 Å². The van der Waals surface area contributed by atoms with Crippen molar-refractivity contribution < 1.29 is 9.59 Å². The van der Waals surface area contributed by atoms with Crippen molar-refractivity contribution in [3.05, 3.63) is 41.7 Å². The van der Waals surface area contributed by atoms with E-state index in [0.29, 0.717) is 17.5 Å². The number of hydrogen-bond acceptors (Lipinski definition) is 3. The summed E-state index contributed by atoms with van der Waals surface area (Å²) in [7, 11) is 2.54. The second kappa shape index (κ2) is 4.89. The van der Waals surface area contributed by atoms with Gasteiger partial charge >= 0.3 is 0 Å². The smallest absolute Gasteiger partial charge is 0.255 e. The maximum Gasteiger partial charge on any atom is 0.255 e. The molecule has 1 atom stereocenters. The van der Waals surface area contributed by atoms with Crippen LogP contribution in [-0.4, -0.2) is 22.4 Å². The molecular formula is C11H10N3O2P. The second-order valence-electron chi connectivity index (χ2n) is 3.39. The van der Waals surface area contributed by atoms with Gasteiger partial charge in [0.2, 0.25) is 0 Å². The number of nitrogens with zero attached hydrogens (tertiary/aromatic N) is 1. The molecule has 0 radical (unpaired) electrons. The first-order valence-corrected chi connectivity index (χ1v) is 5.44. The molecule has 1 amide bonds. The minimum absolute atomic E-state index is 0.251. The largest absolute Gasteiger partial charge is 0.319 e. The molecule has 0 saturated heterocycles. The molecule has 2 aromatic rings. The molecule has 0 saturated carbocycles. The van der Waals surface area contributed by atoms with Crippen LogP contribution in [0.25, 0.3) is 0 Å². The Morgan fingerprint density at radius 3 is 2.71 bits per heavy atom. The van der Waals surface area contributed by atoms with Gasteiger partial charge in [-0.2, -0.15) is 5.10 Å². The highest BCUT2D eigenvalue weighted by Crippen LogP contribution is 2.11. The normalized spacial score (nSPS) is 9.94. The van der Waals surface area contributed by atoms with Crippen LogP contribution < -0.4 is 10.6 Å². The average molecular weight is 247 g/mol. The Morgan fingerprint density at radius 2 is 2.06 bits per heavy atom. The van der Waals surface area contributed by atoms with Crippen LogP contribution in [0.15, 0.2) is 30.5 Å². The maximum absolute atomic E-state index is 11.8. The van der Waals surface area contributed by atoms with Crippen molar-refractivity contribution in [1.29, 1.82) is 0 Å². The van der Waals surface area contributed by atoms with Crippen molar-refractivity contribution >= 4 is 32.4 Å². The van der Waals surface area contributed by atoms with Gasteiger partial charge in [0.15, 0.2) is 6.29 Å². The number of aldehydes is 1. The van der Waals surface area contributed by atoms with Crippen LogP contribution in [-0.2, 0) is 0 Å². The van der Waals surface area contributed by atoms with E-state index in [0.717, 1.165) is 5.30 Å². The summed E-state index contributed by atoms with van der Waals surface area (Å²) in [6.07, 6.45) is 2.00. The van der Waals surface area contributed by atoms with E-state index in [1.165, 1.54) is 6.20 Å². The minimum atomic E-state index is -0.278. The fraction of sp³-hybridized carbons (Fsp3) is 0. The first-order chi connectivity index (χ1) is 8.20. The van der Waals surface area contributed by atoms with Gasteiger partial charge in [0.1, 0.15) is 5.69 Å². The quantitative estimate of drug-likeness (QED) is 0.627. The number of anilines is 1. The number of nitrogens with one attached hydrogen (secondary N) is 2. The molecule has 1 aromatic carbocycles. The average Bonchev–Trinajstić information content (AvgIpc) is 2.77. The van der Waals surface area contributed by atoms with Crippen molar-refractivity contribution in [2.45, 2.75) is 0 Å². The maximum atomic E-state index is 11.8. The van der Waals surface area contributed by atoms with Gasteiger partial charge in [-0.25, -0.2) is 0 Å². The molecule has 1 aromatic heterocycles. The number of carbonyl (C=O) groups excluding carboxylic acids is 2. The lowest BCUT2D eigenvalue weighted by molar-refractivity contribution is 0.102. The molecule has 0 aliphatic carbocycles. The third kappa shape index (κ3) is 2.57. The number of rotatable bonds is 3. The highest BCUT2D eigenvalue weighted by Gasteiger charge is 2.09. The third-order valence-corrected chi connectivity index (χ3v) is 2.59. The van der Waals surface area contributed by atoms with Crippen LogP contribution in [0.3, 0.4) is 0 Å². The van der Waals surface area contributed by atoms with Crippen molar-refractivity contribution in [2.75, 3.05) is 5.32 Å². The Balaban J connectivity index is 2.17. The summed E-state index contributed by atoms with van der Waals surface area (Å²) in [5.74, 6) is -0.278. The number of hydrogen-bond donors (Lipinski definition) is 2. The van der Waals surface area contributed by atoms with Gasteiger partial charge in [-0.1, -0.05) is 12.1 Å². The zero-order valence-electron chi connectivity index (χ0n) is 8.81. The molecule has 86 valence electrons. The number of amides is 1. The molecule has 1 unspecified atom stereocenters. The van der Waals surface area contributed by atoms with Gasteiger partial charge in [-0.05, 0) is 17.4 Å². The van der Waals surface area contributed by atoms with Crippen LogP contribution in [0.2, 0.25) is 0 Å². The molecular weight excluding hydrogens is 237 g/mol. The third-order valence-electron chi connectivity index (χ3n) is 2.21. The molecule has 2 N–H and O–H groups in total. The van der Waals surface area contributed by atoms with Crippen molar-refractivity contribution in [3.63, 3.8) is 0 Å². The minimum Gasteiger partial charge on any atom is -0.319 e. The van der Waals surface area contributed by atoms with Gasteiger partial charge in [-0.3, -0.25) is 14.7 Å². The molecule has 6 heteroatoms. The van der Waals surface area contributed by atoms with E-state index < -0.39 is 0 Å². The van der Waals surface area contributed by atoms with Crippen LogP contribution in [0.5, 0.6) is 0 Å². The van der Waals surface area contributed by atoms with Crippen LogP contribution in [0.4, 0.5) is 5.69 Å². The Hall–Kier alpha value is -2.00.